The number of carbonyl (C=O) groups excluding carboxylic acids is 2. The topological polar surface area (TPSA) is 67.4 Å². The molecule has 156 valence electrons. The lowest BCUT2D eigenvalue weighted by atomic mass is 10.2. The van der Waals surface area contributed by atoms with Crippen LogP contribution in [0.15, 0.2) is 66.2 Å². The summed E-state index contributed by atoms with van der Waals surface area (Å²) in [6.45, 7) is 6.97. The minimum absolute atomic E-state index is 0.000515. The van der Waals surface area contributed by atoms with Gasteiger partial charge in [-0.25, -0.2) is 8.78 Å². The largest absolute Gasteiger partial charge is 0.484 e. The minimum atomic E-state index is -0.745. The average Bonchev–Trinajstić information content (AvgIpc) is 2.71. The van der Waals surface area contributed by atoms with E-state index < -0.39 is 23.5 Å². The first kappa shape index (κ1) is 24.4. The lowest BCUT2D eigenvalue weighted by Gasteiger charge is -2.10. The smallest absolute Gasteiger partial charge is 0.257 e. The highest BCUT2D eigenvalue weighted by molar-refractivity contribution is 6.30. The van der Waals surface area contributed by atoms with Crippen LogP contribution in [0.3, 0.4) is 0 Å². The van der Waals surface area contributed by atoms with E-state index in [9.17, 15) is 18.4 Å². The first-order valence-electron chi connectivity index (χ1n) is 8.36. The van der Waals surface area contributed by atoms with Gasteiger partial charge >= 0.3 is 0 Å². The summed E-state index contributed by atoms with van der Waals surface area (Å²) in [6.07, 6.45) is 2.40. The number of allylic oxidation sites excluding steroid dienone is 3. The standard InChI is InChI=1S/C20H20Cl2F2N2O3/c1-3-16(9-15(23)10-21)29-12-19(27)25-7-6-13(2)20(28)26-11-14-4-5-17(22)18(24)8-14/h3-5,8-10H,1-2,6-7,11-12H2,(H,25,27)(H,26,28)/b15-10-,16-9+. The van der Waals surface area contributed by atoms with E-state index in [4.69, 9.17) is 27.9 Å². The maximum absolute atomic E-state index is 13.4. The number of ether oxygens (including phenoxy) is 1. The molecule has 0 unspecified atom stereocenters. The summed E-state index contributed by atoms with van der Waals surface area (Å²) < 4.78 is 31.5. The molecule has 0 aromatic heterocycles. The third-order valence-corrected chi connectivity index (χ3v) is 3.98. The van der Waals surface area contributed by atoms with Gasteiger partial charge in [0, 0.05) is 30.3 Å². The van der Waals surface area contributed by atoms with Crippen LogP contribution < -0.4 is 10.6 Å². The molecular weight excluding hydrogens is 425 g/mol. The van der Waals surface area contributed by atoms with Crippen LogP contribution in [-0.2, 0) is 20.9 Å². The molecule has 0 fully saturated rings. The van der Waals surface area contributed by atoms with Gasteiger partial charge in [-0.05, 0) is 30.2 Å². The molecule has 2 amide bonds. The van der Waals surface area contributed by atoms with Crippen molar-refractivity contribution in [3.63, 3.8) is 0 Å². The molecular formula is C20H20Cl2F2N2O3. The van der Waals surface area contributed by atoms with Crippen LogP contribution in [0.5, 0.6) is 0 Å². The van der Waals surface area contributed by atoms with Crippen LogP contribution in [0.4, 0.5) is 8.78 Å². The maximum Gasteiger partial charge on any atom is 0.257 e. The minimum Gasteiger partial charge on any atom is -0.484 e. The average molecular weight is 445 g/mol. The summed E-state index contributed by atoms with van der Waals surface area (Å²) in [5.41, 5.74) is 1.50. The molecule has 9 heteroatoms. The predicted octanol–water partition coefficient (Wildman–Crippen LogP) is 4.29. The molecule has 0 heterocycles. The summed E-state index contributed by atoms with van der Waals surface area (Å²) in [5.74, 6) is -2.18. The van der Waals surface area contributed by atoms with Crippen LogP contribution in [0.25, 0.3) is 0 Å². The molecule has 0 bridgehead atoms. The molecule has 0 aliphatic carbocycles. The monoisotopic (exact) mass is 444 g/mol. The van der Waals surface area contributed by atoms with Crippen LogP contribution in [0, 0.1) is 5.82 Å². The Bertz CT molecular complexity index is 839. The van der Waals surface area contributed by atoms with E-state index >= 15 is 0 Å². The van der Waals surface area contributed by atoms with E-state index in [0.29, 0.717) is 11.1 Å². The van der Waals surface area contributed by atoms with Gasteiger partial charge in [-0.2, -0.15) is 0 Å². The summed E-state index contributed by atoms with van der Waals surface area (Å²) >= 11 is 10.8. The number of nitrogens with one attached hydrogen (secondary N) is 2. The number of carbonyl (C=O) groups is 2. The Labute approximate surface area is 177 Å². The van der Waals surface area contributed by atoms with Gasteiger partial charge < -0.3 is 15.4 Å². The van der Waals surface area contributed by atoms with Crippen molar-refractivity contribution in [1.29, 1.82) is 0 Å². The molecule has 2 N–H and O–H groups in total. The summed E-state index contributed by atoms with van der Waals surface area (Å²) in [7, 11) is 0. The fourth-order valence-corrected chi connectivity index (χ4v) is 2.13. The number of hydrogen-bond acceptors (Lipinski definition) is 3. The summed E-state index contributed by atoms with van der Waals surface area (Å²) in [6, 6.07) is 4.22. The van der Waals surface area contributed by atoms with Gasteiger partial charge in [0.15, 0.2) is 6.61 Å². The highest BCUT2D eigenvalue weighted by atomic mass is 35.5. The second-order valence-corrected chi connectivity index (χ2v) is 6.29. The number of rotatable bonds is 11. The Kier molecular flexibility index (Phi) is 10.7. The van der Waals surface area contributed by atoms with Crippen molar-refractivity contribution in [2.75, 3.05) is 13.2 Å². The lowest BCUT2D eigenvalue weighted by molar-refractivity contribution is -0.124. The van der Waals surface area contributed by atoms with E-state index in [-0.39, 0.29) is 42.5 Å². The van der Waals surface area contributed by atoms with Crippen molar-refractivity contribution in [2.24, 2.45) is 0 Å². The first-order valence-corrected chi connectivity index (χ1v) is 9.17. The van der Waals surface area contributed by atoms with Crippen molar-refractivity contribution in [2.45, 2.75) is 13.0 Å². The van der Waals surface area contributed by atoms with Crippen LogP contribution in [0.1, 0.15) is 12.0 Å². The van der Waals surface area contributed by atoms with Crippen LogP contribution in [-0.4, -0.2) is 25.0 Å². The molecule has 0 atom stereocenters. The van der Waals surface area contributed by atoms with E-state index in [1.165, 1.54) is 18.2 Å². The molecule has 0 aliphatic rings. The third kappa shape index (κ3) is 9.40. The third-order valence-electron chi connectivity index (χ3n) is 3.46. The van der Waals surface area contributed by atoms with E-state index in [0.717, 1.165) is 6.08 Å². The zero-order valence-corrected chi connectivity index (χ0v) is 17.0. The second-order valence-electron chi connectivity index (χ2n) is 5.67. The van der Waals surface area contributed by atoms with Crippen molar-refractivity contribution < 1.29 is 23.1 Å². The van der Waals surface area contributed by atoms with Gasteiger partial charge in [0.25, 0.3) is 5.91 Å². The molecule has 1 rings (SSSR count). The number of halogens is 4. The number of benzene rings is 1. The molecule has 0 spiro atoms. The van der Waals surface area contributed by atoms with Crippen LogP contribution in [0.2, 0.25) is 5.02 Å². The van der Waals surface area contributed by atoms with Crippen molar-refractivity contribution in [1.82, 2.24) is 10.6 Å². The highest BCUT2D eigenvalue weighted by Gasteiger charge is 2.09. The maximum atomic E-state index is 13.4. The molecule has 0 radical (unpaired) electrons. The molecule has 0 saturated heterocycles. The fourth-order valence-electron chi connectivity index (χ4n) is 1.95. The first-order chi connectivity index (χ1) is 13.8. The Balaban J connectivity index is 2.33. The number of hydrogen-bond donors (Lipinski definition) is 2. The van der Waals surface area contributed by atoms with Gasteiger partial charge in [0.2, 0.25) is 5.91 Å². The summed E-state index contributed by atoms with van der Waals surface area (Å²) in [5, 5.41) is 5.14. The Hall–Kier alpha value is -2.64. The summed E-state index contributed by atoms with van der Waals surface area (Å²) in [4.78, 5) is 23.7. The van der Waals surface area contributed by atoms with Gasteiger partial charge in [-0.1, -0.05) is 42.4 Å². The van der Waals surface area contributed by atoms with E-state index in [1.54, 1.807) is 6.07 Å². The highest BCUT2D eigenvalue weighted by Crippen LogP contribution is 2.15. The van der Waals surface area contributed by atoms with Gasteiger partial charge in [-0.3, -0.25) is 9.59 Å². The van der Waals surface area contributed by atoms with Crippen molar-refractivity contribution in [3.8, 4) is 0 Å². The zero-order valence-electron chi connectivity index (χ0n) is 15.4. The Morgan fingerprint density at radius 3 is 2.62 bits per heavy atom. The zero-order chi connectivity index (χ0) is 21.8. The Morgan fingerprint density at radius 2 is 2.00 bits per heavy atom. The molecule has 5 nitrogen and oxygen atoms in total. The molecule has 0 saturated carbocycles. The van der Waals surface area contributed by atoms with Gasteiger partial charge in [0.05, 0.1) is 5.02 Å². The van der Waals surface area contributed by atoms with E-state index in [2.05, 4.69) is 23.8 Å². The van der Waals surface area contributed by atoms with Gasteiger partial charge in [0.1, 0.15) is 17.4 Å². The molecule has 1 aromatic carbocycles. The quantitative estimate of drug-likeness (QED) is 0.303. The van der Waals surface area contributed by atoms with E-state index in [1.807, 2.05) is 0 Å². The van der Waals surface area contributed by atoms with Crippen LogP contribution >= 0.6 is 23.2 Å². The fraction of sp³-hybridized carbons (Fsp3) is 0.200. The SMILES string of the molecule is C=C/C(=C\C(F)=C\Cl)OCC(=O)NCCC(=C)C(=O)NCc1ccc(Cl)c(F)c1. The normalized spacial score (nSPS) is 11.6. The Morgan fingerprint density at radius 1 is 1.28 bits per heavy atom. The molecule has 1 aromatic rings. The van der Waals surface area contributed by atoms with Crippen molar-refractivity contribution in [3.05, 3.63) is 82.6 Å². The predicted molar refractivity (Wildman–Crippen MR) is 109 cm³/mol. The lowest BCUT2D eigenvalue weighted by Crippen LogP contribution is -2.30. The van der Waals surface area contributed by atoms with Crippen molar-refractivity contribution >= 4 is 35.0 Å². The second kappa shape index (κ2) is 12.7. The number of amides is 2. The van der Waals surface area contributed by atoms with Gasteiger partial charge in [-0.15, -0.1) is 0 Å². The molecule has 29 heavy (non-hydrogen) atoms. The molecule has 0 aliphatic heterocycles.